The van der Waals surface area contributed by atoms with Gasteiger partial charge < -0.3 is 10.6 Å². The van der Waals surface area contributed by atoms with Crippen LogP contribution in [0.1, 0.15) is 63.9 Å². The molecule has 1 spiro atoms. The topological polar surface area (TPSA) is 86.9 Å². The average Bonchev–Trinajstić information content (AvgIpc) is 3.15. The Kier molecular flexibility index (Phi) is 4.76. The highest BCUT2D eigenvalue weighted by atomic mass is 16.2. The summed E-state index contributed by atoms with van der Waals surface area (Å²) < 4.78 is 0. The van der Waals surface area contributed by atoms with Gasteiger partial charge in [-0.2, -0.15) is 5.10 Å². The summed E-state index contributed by atoms with van der Waals surface area (Å²) in [5.74, 6) is 1.60. The molecule has 2 atom stereocenters. The summed E-state index contributed by atoms with van der Waals surface area (Å²) in [6.45, 7) is 2.28. The largest absolute Gasteiger partial charge is 0.353 e. The molecule has 4 rings (SSSR count). The van der Waals surface area contributed by atoms with Gasteiger partial charge >= 0.3 is 0 Å². The molecule has 0 aromatic carbocycles. The summed E-state index contributed by atoms with van der Waals surface area (Å²) in [5.41, 5.74) is 1.28. The second-order valence-electron chi connectivity index (χ2n) is 9.00. The van der Waals surface area contributed by atoms with E-state index in [0.717, 1.165) is 31.2 Å². The SMILES string of the molecule is CC1CCCC1CC(=O)NC1CC2(CC(NC(=O)Cc3cn[nH]c3)C2)C1. The van der Waals surface area contributed by atoms with Gasteiger partial charge in [0.25, 0.3) is 0 Å². The van der Waals surface area contributed by atoms with Gasteiger partial charge in [0.2, 0.25) is 11.8 Å². The van der Waals surface area contributed by atoms with Crippen LogP contribution in [0.25, 0.3) is 0 Å². The van der Waals surface area contributed by atoms with Crippen LogP contribution in [0.4, 0.5) is 0 Å². The molecule has 3 saturated carbocycles. The van der Waals surface area contributed by atoms with Crippen LogP contribution < -0.4 is 10.6 Å². The molecule has 0 aliphatic heterocycles. The van der Waals surface area contributed by atoms with E-state index in [1.165, 1.54) is 19.3 Å². The van der Waals surface area contributed by atoms with E-state index >= 15 is 0 Å². The van der Waals surface area contributed by atoms with Gasteiger partial charge in [0, 0.05) is 24.7 Å². The molecule has 26 heavy (non-hydrogen) atoms. The summed E-state index contributed by atoms with van der Waals surface area (Å²) in [6, 6.07) is 0.646. The molecular formula is C20H30N4O2. The van der Waals surface area contributed by atoms with E-state index < -0.39 is 0 Å². The highest BCUT2D eigenvalue weighted by Crippen LogP contribution is 2.56. The minimum Gasteiger partial charge on any atom is -0.353 e. The molecule has 0 radical (unpaired) electrons. The summed E-state index contributed by atoms with van der Waals surface area (Å²) in [5, 5.41) is 12.9. The van der Waals surface area contributed by atoms with Crippen LogP contribution >= 0.6 is 0 Å². The number of nitrogens with one attached hydrogen (secondary N) is 3. The molecule has 6 nitrogen and oxygen atoms in total. The second kappa shape index (κ2) is 7.05. The number of aromatic amines is 1. The zero-order valence-corrected chi connectivity index (χ0v) is 15.6. The minimum absolute atomic E-state index is 0.0705. The van der Waals surface area contributed by atoms with E-state index in [4.69, 9.17) is 0 Å². The van der Waals surface area contributed by atoms with E-state index in [1.54, 1.807) is 12.4 Å². The fourth-order valence-corrected chi connectivity index (χ4v) is 5.40. The Hall–Kier alpha value is -1.85. The molecule has 2 amide bonds. The molecule has 3 aliphatic carbocycles. The predicted octanol–water partition coefficient (Wildman–Crippen LogP) is 2.32. The number of aromatic nitrogens is 2. The van der Waals surface area contributed by atoms with Crippen LogP contribution in [0.2, 0.25) is 0 Å². The van der Waals surface area contributed by atoms with Crippen molar-refractivity contribution in [3.05, 3.63) is 18.0 Å². The van der Waals surface area contributed by atoms with Crippen molar-refractivity contribution in [1.82, 2.24) is 20.8 Å². The Morgan fingerprint density at radius 2 is 1.85 bits per heavy atom. The maximum atomic E-state index is 12.3. The third kappa shape index (κ3) is 3.79. The van der Waals surface area contributed by atoms with Crippen molar-refractivity contribution in [3.8, 4) is 0 Å². The molecule has 1 aromatic heterocycles. The molecule has 6 heteroatoms. The monoisotopic (exact) mass is 358 g/mol. The fourth-order valence-electron chi connectivity index (χ4n) is 5.40. The number of carbonyl (C=O) groups is 2. The summed E-state index contributed by atoms with van der Waals surface area (Å²) in [6.07, 6.45) is 12.6. The first-order valence-corrected chi connectivity index (χ1v) is 10.1. The Labute approximate surface area is 154 Å². The molecule has 2 unspecified atom stereocenters. The number of carbonyl (C=O) groups excluding carboxylic acids is 2. The van der Waals surface area contributed by atoms with Gasteiger partial charge in [0.15, 0.2) is 0 Å². The van der Waals surface area contributed by atoms with E-state index in [1.807, 2.05) is 0 Å². The average molecular weight is 358 g/mol. The van der Waals surface area contributed by atoms with Gasteiger partial charge in [-0.15, -0.1) is 0 Å². The lowest BCUT2D eigenvalue weighted by molar-refractivity contribution is -0.127. The maximum Gasteiger partial charge on any atom is 0.224 e. The minimum atomic E-state index is 0.0705. The van der Waals surface area contributed by atoms with E-state index in [0.29, 0.717) is 42.2 Å². The lowest BCUT2D eigenvalue weighted by Gasteiger charge is -2.57. The van der Waals surface area contributed by atoms with Gasteiger partial charge in [-0.25, -0.2) is 0 Å². The van der Waals surface area contributed by atoms with E-state index in [9.17, 15) is 9.59 Å². The second-order valence-corrected chi connectivity index (χ2v) is 9.00. The van der Waals surface area contributed by atoms with Crippen molar-refractivity contribution in [1.29, 1.82) is 0 Å². The van der Waals surface area contributed by atoms with Gasteiger partial charge in [0.1, 0.15) is 0 Å². The molecular weight excluding hydrogens is 328 g/mol. The molecule has 1 heterocycles. The molecule has 3 aliphatic rings. The van der Waals surface area contributed by atoms with Crippen LogP contribution in [0.15, 0.2) is 12.4 Å². The Bertz CT molecular complexity index is 643. The normalized spacial score (nSPS) is 35.6. The van der Waals surface area contributed by atoms with Crippen LogP contribution in [-0.4, -0.2) is 34.1 Å². The van der Waals surface area contributed by atoms with Crippen molar-refractivity contribution in [2.45, 2.75) is 76.8 Å². The number of nitrogens with zero attached hydrogens (tertiary/aromatic N) is 1. The highest BCUT2D eigenvalue weighted by Gasteiger charge is 2.53. The first-order chi connectivity index (χ1) is 12.5. The number of hydrogen-bond donors (Lipinski definition) is 3. The number of amides is 2. The number of hydrogen-bond acceptors (Lipinski definition) is 3. The summed E-state index contributed by atoms with van der Waals surface area (Å²) >= 11 is 0. The number of rotatable bonds is 6. The standard InChI is InChI=1S/C20H30N4O2/c1-13-3-2-4-15(13)6-19(26)24-17-9-20(10-17)7-16(8-20)23-18(25)5-14-11-21-22-12-14/h11-13,15-17H,2-10H2,1H3,(H,21,22)(H,23,25)(H,24,26). The molecule has 0 saturated heterocycles. The van der Waals surface area contributed by atoms with Crippen molar-refractivity contribution < 1.29 is 9.59 Å². The lowest BCUT2D eigenvalue weighted by atomic mass is 9.52. The van der Waals surface area contributed by atoms with Crippen LogP contribution in [-0.2, 0) is 16.0 Å². The van der Waals surface area contributed by atoms with E-state index in [2.05, 4.69) is 27.8 Å². The third-order valence-electron chi connectivity index (χ3n) is 6.85. The smallest absolute Gasteiger partial charge is 0.224 e. The first-order valence-electron chi connectivity index (χ1n) is 10.1. The lowest BCUT2D eigenvalue weighted by Crippen LogP contribution is -2.61. The van der Waals surface area contributed by atoms with Crippen LogP contribution in [0, 0.1) is 17.3 Å². The highest BCUT2D eigenvalue weighted by molar-refractivity contribution is 5.79. The maximum absolute atomic E-state index is 12.3. The molecule has 3 fully saturated rings. The zero-order valence-electron chi connectivity index (χ0n) is 15.6. The van der Waals surface area contributed by atoms with Crippen LogP contribution in [0.5, 0.6) is 0 Å². The van der Waals surface area contributed by atoms with E-state index in [-0.39, 0.29) is 11.8 Å². The van der Waals surface area contributed by atoms with Crippen molar-refractivity contribution in [3.63, 3.8) is 0 Å². The number of H-pyrrole nitrogens is 1. The zero-order chi connectivity index (χ0) is 18.1. The van der Waals surface area contributed by atoms with Crippen LogP contribution in [0.3, 0.4) is 0 Å². The quantitative estimate of drug-likeness (QED) is 0.729. The Balaban J connectivity index is 1.12. The van der Waals surface area contributed by atoms with Gasteiger partial charge in [-0.1, -0.05) is 19.8 Å². The van der Waals surface area contributed by atoms with Crippen molar-refractivity contribution >= 4 is 11.8 Å². The predicted molar refractivity (Wildman–Crippen MR) is 98.2 cm³/mol. The van der Waals surface area contributed by atoms with Gasteiger partial charge in [0.05, 0.1) is 12.6 Å². The van der Waals surface area contributed by atoms with Gasteiger partial charge in [-0.05, 0) is 54.9 Å². The third-order valence-corrected chi connectivity index (χ3v) is 6.85. The molecule has 0 bridgehead atoms. The van der Waals surface area contributed by atoms with Crippen molar-refractivity contribution in [2.75, 3.05) is 0 Å². The molecule has 1 aromatic rings. The van der Waals surface area contributed by atoms with Crippen molar-refractivity contribution in [2.24, 2.45) is 17.3 Å². The first kappa shape index (κ1) is 17.6. The molecule has 142 valence electrons. The summed E-state index contributed by atoms with van der Waals surface area (Å²) in [7, 11) is 0. The molecule has 3 N–H and O–H groups in total. The fraction of sp³-hybridized carbons (Fsp3) is 0.750. The summed E-state index contributed by atoms with van der Waals surface area (Å²) in [4.78, 5) is 24.3. The Morgan fingerprint density at radius 3 is 2.42 bits per heavy atom. The van der Waals surface area contributed by atoms with Gasteiger partial charge in [-0.3, -0.25) is 14.7 Å². The Morgan fingerprint density at radius 1 is 1.15 bits per heavy atom.